The van der Waals surface area contributed by atoms with E-state index in [4.69, 9.17) is 0 Å². The second kappa shape index (κ2) is 7.25. The highest BCUT2D eigenvalue weighted by atomic mass is 16.3. The van der Waals surface area contributed by atoms with E-state index >= 15 is 0 Å². The number of hydrogen-bond donors (Lipinski definition) is 2. The van der Waals surface area contributed by atoms with Gasteiger partial charge in [-0.25, -0.2) is 0 Å². The summed E-state index contributed by atoms with van der Waals surface area (Å²) in [6, 6.07) is 19.4. The average Bonchev–Trinajstić information content (AvgIpc) is 2.61. The largest absolute Gasteiger partial charge is 0.507 e. The Labute approximate surface area is 155 Å². The van der Waals surface area contributed by atoms with Gasteiger partial charge in [-0.2, -0.15) is 0 Å². The number of phenols is 2. The van der Waals surface area contributed by atoms with Gasteiger partial charge in [-0.05, 0) is 46.2 Å². The molecular weight excluding hydrogens is 320 g/mol. The van der Waals surface area contributed by atoms with Crippen LogP contribution in [0.15, 0.2) is 60.7 Å². The van der Waals surface area contributed by atoms with Crippen LogP contribution in [0.5, 0.6) is 11.5 Å². The van der Waals surface area contributed by atoms with E-state index in [1.54, 1.807) is 12.1 Å². The first-order valence-corrected chi connectivity index (χ1v) is 9.14. The van der Waals surface area contributed by atoms with Crippen LogP contribution in [-0.2, 0) is 0 Å². The van der Waals surface area contributed by atoms with Gasteiger partial charge in [0.15, 0.2) is 0 Å². The number of phenolic OH excluding ortho intramolecular Hbond substituents is 2. The molecule has 2 heteroatoms. The lowest BCUT2D eigenvalue weighted by molar-refractivity contribution is 0.475. The van der Waals surface area contributed by atoms with E-state index in [2.05, 4.69) is 39.8 Å². The fourth-order valence-corrected chi connectivity index (χ4v) is 3.51. The number of benzene rings is 3. The van der Waals surface area contributed by atoms with Crippen molar-refractivity contribution in [3.05, 3.63) is 71.8 Å². The monoisotopic (exact) mass is 346 g/mol. The summed E-state index contributed by atoms with van der Waals surface area (Å²) in [5, 5.41) is 20.8. The Morgan fingerprint density at radius 2 is 0.885 bits per heavy atom. The van der Waals surface area contributed by atoms with Crippen molar-refractivity contribution < 1.29 is 10.2 Å². The first kappa shape index (κ1) is 18.1. The fourth-order valence-electron chi connectivity index (χ4n) is 3.51. The molecule has 2 N–H and O–H groups in total. The molecule has 0 saturated carbocycles. The van der Waals surface area contributed by atoms with E-state index in [-0.39, 0.29) is 0 Å². The van der Waals surface area contributed by atoms with E-state index in [1.807, 2.05) is 36.4 Å². The number of aromatic hydroxyl groups is 2. The van der Waals surface area contributed by atoms with Crippen LogP contribution in [0.3, 0.4) is 0 Å². The minimum absolute atomic E-state index is 0.300. The first-order valence-electron chi connectivity index (χ1n) is 9.14. The van der Waals surface area contributed by atoms with Gasteiger partial charge in [-0.1, -0.05) is 76.2 Å². The van der Waals surface area contributed by atoms with Crippen LogP contribution in [0.25, 0.3) is 22.3 Å². The molecule has 3 rings (SSSR count). The van der Waals surface area contributed by atoms with Crippen LogP contribution >= 0.6 is 0 Å². The predicted octanol–water partition coefficient (Wildman–Crippen LogP) is 6.68. The minimum atomic E-state index is 0.300. The number of hydrogen-bond acceptors (Lipinski definition) is 2. The van der Waals surface area contributed by atoms with Crippen molar-refractivity contribution in [1.82, 2.24) is 0 Å². The molecule has 0 aliphatic heterocycles. The third kappa shape index (κ3) is 3.32. The summed E-state index contributed by atoms with van der Waals surface area (Å²) in [4.78, 5) is 0. The standard InChI is InChI=1S/C24H26O2/c1-15(2)19-7-5-9-21(25)23(19)17-11-13-18(14-12-17)24-20(16(3)4)8-6-10-22(24)26/h5-16,25-26H,1-4H3. The van der Waals surface area contributed by atoms with Crippen molar-refractivity contribution in [2.75, 3.05) is 0 Å². The fraction of sp³-hybridized carbons (Fsp3) is 0.250. The van der Waals surface area contributed by atoms with Crippen molar-refractivity contribution in [1.29, 1.82) is 0 Å². The van der Waals surface area contributed by atoms with Crippen molar-refractivity contribution in [2.45, 2.75) is 39.5 Å². The topological polar surface area (TPSA) is 40.5 Å². The number of rotatable bonds is 4. The molecular formula is C24H26O2. The van der Waals surface area contributed by atoms with Crippen LogP contribution in [0.1, 0.15) is 50.7 Å². The van der Waals surface area contributed by atoms with Gasteiger partial charge in [0.2, 0.25) is 0 Å². The minimum Gasteiger partial charge on any atom is -0.507 e. The average molecular weight is 346 g/mol. The molecule has 0 unspecified atom stereocenters. The summed E-state index contributed by atoms with van der Waals surface area (Å²) in [6.07, 6.45) is 0. The molecule has 0 radical (unpaired) electrons. The van der Waals surface area contributed by atoms with Gasteiger partial charge in [0.1, 0.15) is 11.5 Å². The predicted molar refractivity (Wildman–Crippen MR) is 109 cm³/mol. The zero-order chi connectivity index (χ0) is 18.8. The van der Waals surface area contributed by atoms with Crippen LogP contribution in [0.2, 0.25) is 0 Å². The van der Waals surface area contributed by atoms with Crippen LogP contribution in [-0.4, -0.2) is 10.2 Å². The molecule has 3 aromatic rings. The molecule has 0 aromatic heterocycles. The molecule has 2 nitrogen and oxygen atoms in total. The van der Waals surface area contributed by atoms with E-state index in [1.165, 1.54) is 0 Å². The molecule has 0 fully saturated rings. The Morgan fingerprint density at radius 3 is 1.19 bits per heavy atom. The van der Waals surface area contributed by atoms with Gasteiger partial charge in [-0.15, -0.1) is 0 Å². The van der Waals surface area contributed by atoms with Crippen molar-refractivity contribution in [2.24, 2.45) is 0 Å². The van der Waals surface area contributed by atoms with E-state index < -0.39 is 0 Å². The molecule has 3 aromatic carbocycles. The Morgan fingerprint density at radius 1 is 0.538 bits per heavy atom. The third-order valence-corrected chi connectivity index (χ3v) is 4.86. The lowest BCUT2D eigenvalue weighted by Crippen LogP contribution is -1.94. The zero-order valence-electron chi connectivity index (χ0n) is 15.8. The Kier molecular flexibility index (Phi) is 5.03. The summed E-state index contributed by atoms with van der Waals surface area (Å²) >= 11 is 0. The molecule has 0 heterocycles. The van der Waals surface area contributed by atoms with Gasteiger partial charge in [-0.3, -0.25) is 0 Å². The maximum atomic E-state index is 10.4. The van der Waals surface area contributed by atoms with E-state index in [0.29, 0.717) is 23.3 Å². The highest BCUT2D eigenvalue weighted by molar-refractivity contribution is 5.79. The van der Waals surface area contributed by atoms with E-state index in [9.17, 15) is 10.2 Å². The molecule has 0 saturated heterocycles. The van der Waals surface area contributed by atoms with Crippen molar-refractivity contribution in [3.8, 4) is 33.8 Å². The molecule has 0 bridgehead atoms. The molecule has 0 aliphatic rings. The zero-order valence-corrected chi connectivity index (χ0v) is 15.8. The van der Waals surface area contributed by atoms with Crippen molar-refractivity contribution in [3.63, 3.8) is 0 Å². The Bertz CT molecular complexity index is 829. The molecule has 26 heavy (non-hydrogen) atoms. The molecule has 0 aliphatic carbocycles. The third-order valence-electron chi connectivity index (χ3n) is 4.86. The maximum absolute atomic E-state index is 10.4. The molecule has 0 spiro atoms. The lowest BCUT2D eigenvalue weighted by Gasteiger charge is -2.17. The second-order valence-corrected chi connectivity index (χ2v) is 7.37. The summed E-state index contributed by atoms with van der Waals surface area (Å²) in [6.45, 7) is 8.51. The van der Waals surface area contributed by atoms with Gasteiger partial charge in [0, 0.05) is 11.1 Å². The van der Waals surface area contributed by atoms with Gasteiger partial charge in [0.05, 0.1) is 0 Å². The summed E-state index contributed by atoms with van der Waals surface area (Å²) in [5.41, 5.74) is 5.99. The maximum Gasteiger partial charge on any atom is 0.123 e. The van der Waals surface area contributed by atoms with Crippen molar-refractivity contribution >= 4 is 0 Å². The smallest absolute Gasteiger partial charge is 0.123 e. The SMILES string of the molecule is CC(C)c1cccc(O)c1-c1ccc(-c2c(O)cccc2C(C)C)cc1. The first-order chi connectivity index (χ1) is 12.4. The normalized spacial score (nSPS) is 11.3. The van der Waals surface area contributed by atoms with Gasteiger partial charge < -0.3 is 10.2 Å². The summed E-state index contributed by atoms with van der Waals surface area (Å²) in [5.74, 6) is 1.24. The van der Waals surface area contributed by atoms with E-state index in [0.717, 1.165) is 33.4 Å². The van der Waals surface area contributed by atoms with Crippen LogP contribution in [0.4, 0.5) is 0 Å². The van der Waals surface area contributed by atoms with Crippen LogP contribution in [0, 0.1) is 0 Å². The van der Waals surface area contributed by atoms with Crippen LogP contribution < -0.4 is 0 Å². The Hall–Kier alpha value is -2.74. The second-order valence-electron chi connectivity index (χ2n) is 7.37. The highest BCUT2D eigenvalue weighted by Gasteiger charge is 2.15. The summed E-state index contributed by atoms with van der Waals surface area (Å²) < 4.78 is 0. The highest BCUT2D eigenvalue weighted by Crippen LogP contribution is 2.40. The molecule has 0 atom stereocenters. The summed E-state index contributed by atoms with van der Waals surface area (Å²) in [7, 11) is 0. The molecule has 134 valence electrons. The van der Waals surface area contributed by atoms with Gasteiger partial charge >= 0.3 is 0 Å². The lowest BCUT2D eigenvalue weighted by atomic mass is 9.89. The quantitative estimate of drug-likeness (QED) is 0.553. The molecule has 0 amide bonds. The Balaban J connectivity index is 2.10. The van der Waals surface area contributed by atoms with Gasteiger partial charge in [0.25, 0.3) is 0 Å².